The van der Waals surface area contributed by atoms with Gasteiger partial charge in [-0.3, -0.25) is 9.59 Å². The summed E-state index contributed by atoms with van der Waals surface area (Å²) in [5.41, 5.74) is 2.20. The standard InChI is InChI=1S/C21H26ClN3O2/c1-14-4-7-24(8-5-14)21(27)16-10-20(26)25(13-16)9-6-15-12-23-19-3-2-17(22)11-18(15)19/h2-3,11-12,14,16,23H,4-10,13H2,1H3. The predicted molar refractivity (Wildman–Crippen MR) is 107 cm³/mol. The second-order valence-corrected chi connectivity index (χ2v) is 8.44. The Bertz CT molecular complexity index is 854. The minimum Gasteiger partial charge on any atom is -0.361 e. The SMILES string of the molecule is CC1CCN(C(=O)C2CC(=O)N(CCc3c[nH]c4ccc(Cl)cc34)C2)CC1. The first kappa shape index (κ1) is 18.4. The highest BCUT2D eigenvalue weighted by Gasteiger charge is 2.36. The van der Waals surface area contributed by atoms with Gasteiger partial charge in [-0.25, -0.2) is 0 Å². The predicted octanol–water partition coefficient (Wildman–Crippen LogP) is 3.47. The monoisotopic (exact) mass is 387 g/mol. The van der Waals surface area contributed by atoms with Gasteiger partial charge in [0.2, 0.25) is 11.8 Å². The van der Waals surface area contributed by atoms with Crippen LogP contribution in [0.3, 0.4) is 0 Å². The summed E-state index contributed by atoms with van der Waals surface area (Å²) in [7, 11) is 0. The van der Waals surface area contributed by atoms with E-state index in [9.17, 15) is 9.59 Å². The molecule has 1 N–H and O–H groups in total. The van der Waals surface area contributed by atoms with Crippen molar-refractivity contribution in [3.63, 3.8) is 0 Å². The Hall–Kier alpha value is -2.01. The third-order valence-corrected chi connectivity index (χ3v) is 6.27. The number of rotatable bonds is 4. The molecule has 0 aliphatic carbocycles. The number of benzene rings is 1. The Morgan fingerprint density at radius 3 is 2.85 bits per heavy atom. The van der Waals surface area contributed by atoms with Gasteiger partial charge >= 0.3 is 0 Å². The van der Waals surface area contributed by atoms with Crippen molar-refractivity contribution in [2.24, 2.45) is 11.8 Å². The molecule has 27 heavy (non-hydrogen) atoms. The molecule has 1 aromatic heterocycles. The topological polar surface area (TPSA) is 56.4 Å². The molecule has 3 heterocycles. The van der Waals surface area contributed by atoms with Crippen LogP contribution in [0.15, 0.2) is 24.4 Å². The summed E-state index contributed by atoms with van der Waals surface area (Å²) in [4.78, 5) is 32.3. The van der Waals surface area contributed by atoms with Gasteiger partial charge < -0.3 is 14.8 Å². The number of fused-ring (bicyclic) bond motifs is 1. The van der Waals surface area contributed by atoms with E-state index in [0.29, 0.717) is 30.5 Å². The zero-order chi connectivity index (χ0) is 19.0. The lowest BCUT2D eigenvalue weighted by Crippen LogP contribution is -2.42. The van der Waals surface area contributed by atoms with Crippen LogP contribution in [0.4, 0.5) is 0 Å². The van der Waals surface area contributed by atoms with E-state index in [2.05, 4.69) is 11.9 Å². The number of piperidine rings is 1. The van der Waals surface area contributed by atoms with Crippen molar-refractivity contribution >= 4 is 34.3 Å². The quantitative estimate of drug-likeness (QED) is 0.873. The zero-order valence-corrected chi connectivity index (χ0v) is 16.5. The van der Waals surface area contributed by atoms with E-state index in [0.717, 1.165) is 48.8 Å². The van der Waals surface area contributed by atoms with Gasteiger partial charge in [-0.15, -0.1) is 0 Å². The Morgan fingerprint density at radius 2 is 2.07 bits per heavy atom. The molecule has 144 valence electrons. The minimum atomic E-state index is -0.177. The molecule has 5 nitrogen and oxygen atoms in total. The first-order chi connectivity index (χ1) is 13.0. The maximum absolute atomic E-state index is 12.8. The van der Waals surface area contributed by atoms with Crippen LogP contribution in [0, 0.1) is 11.8 Å². The van der Waals surface area contributed by atoms with Crippen LogP contribution in [0.2, 0.25) is 5.02 Å². The summed E-state index contributed by atoms with van der Waals surface area (Å²) < 4.78 is 0. The lowest BCUT2D eigenvalue weighted by atomic mass is 9.97. The highest BCUT2D eigenvalue weighted by molar-refractivity contribution is 6.31. The smallest absolute Gasteiger partial charge is 0.227 e. The number of halogens is 1. The van der Waals surface area contributed by atoms with E-state index >= 15 is 0 Å². The summed E-state index contributed by atoms with van der Waals surface area (Å²) >= 11 is 6.11. The fourth-order valence-corrected chi connectivity index (χ4v) is 4.43. The number of hydrogen-bond donors (Lipinski definition) is 1. The van der Waals surface area contributed by atoms with Crippen molar-refractivity contribution < 1.29 is 9.59 Å². The van der Waals surface area contributed by atoms with E-state index in [4.69, 9.17) is 11.6 Å². The van der Waals surface area contributed by atoms with Gasteiger partial charge in [-0.05, 0) is 48.9 Å². The van der Waals surface area contributed by atoms with Gasteiger partial charge in [0.05, 0.1) is 5.92 Å². The van der Waals surface area contributed by atoms with Crippen molar-refractivity contribution in [3.8, 4) is 0 Å². The molecular weight excluding hydrogens is 362 g/mol. The number of aromatic amines is 1. The maximum atomic E-state index is 12.8. The summed E-state index contributed by atoms with van der Waals surface area (Å²) in [6, 6.07) is 5.79. The van der Waals surface area contributed by atoms with E-state index in [1.165, 1.54) is 0 Å². The number of H-pyrrole nitrogens is 1. The molecule has 0 radical (unpaired) electrons. The molecule has 6 heteroatoms. The third kappa shape index (κ3) is 3.84. The zero-order valence-electron chi connectivity index (χ0n) is 15.7. The fraction of sp³-hybridized carbons (Fsp3) is 0.524. The Kier molecular flexibility index (Phi) is 5.13. The molecular formula is C21H26ClN3O2. The Labute approximate surface area is 164 Å². The van der Waals surface area contributed by atoms with Gasteiger partial charge in [0.15, 0.2) is 0 Å². The summed E-state index contributed by atoms with van der Waals surface area (Å²) in [5.74, 6) is 0.775. The third-order valence-electron chi connectivity index (χ3n) is 6.04. The minimum absolute atomic E-state index is 0.0941. The first-order valence-corrected chi connectivity index (χ1v) is 10.2. The molecule has 1 aromatic carbocycles. The Morgan fingerprint density at radius 1 is 1.30 bits per heavy atom. The van der Waals surface area contributed by atoms with Crippen molar-refractivity contribution in [2.45, 2.75) is 32.6 Å². The van der Waals surface area contributed by atoms with Crippen molar-refractivity contribution in [3.05, 3.63) is 35.0 Å². The summed E-state index contributed by atoms with van der Waals surface area (Å²) in [6.45, 7) is 5.09. The highest BCUT2D eigenvalue weighted by atomic mass is 35.5. The van der Waals surface area contributed by atoms with Crippen LogP contribution >= 0.6 is 11.6 Å². The molecule has 2 amide bonds. The van der Waals surface area contributed by atoms with Crippen molar-refractivity contribution in [1.29, 1.82) is 0 Å². The average molecular weight is 388 g/mol. The van der Waals surface area contributed by atoms with E-state index < -0.39 is 0 Å². The molecule has 2 aliphatic rings. The average Bonchev–Trinajstić information content (AvgIpc) is 3.23. The molecule has 2 aliphatic heterocycles. The van der Waals surface area contributed by atoms with Crippen LogP contribution in [0.5, 0.6) is 0 Å². The molecule has 1 unspecified atom stereocenters. The molecule has 1 atom stereocenters. The molecule has 0 bridgehead atoms. The summed E-state index contributed by atoms with van der Waals surface area (Å²) in [6.07, 6.45) is 5.23. The van der Waals surface area contributed by atoms with Gasteiger partial charge in [0.25, 0.3) is 0 Å². The van der Waals surface area contributed by atoms with E-state index in [-0.39, 0.29) is 17.7 Å². The van der Waals surface area contributed by atoms with Crippen LogP contribution in [0.1, 0.15) is 31.7 Å². The molecule has 2 aromatic rings. The largest absolute Gasteiger partial charge is 0.361 e. The van der Waals surface area contributed by atoms with Crippen molar-refractivity contribution in [1.82, 2.24) is 14.8 Å². The van der Waals surface area contributed by atoms with E-state index in [1.54, 1.807) is 0 Å². The molecule has 0 spiro atoms. The number of amides is 2. The van der Waals surface area contributed by atoms with Gasteiger partial charge in [0.1, 0.15) is 0 Å². The van der Waals surface area contributed by atoms with Crippen molar-refractivity contribution in [2.75, 3.05) is 26.2 Å². The first-order valence-electron chi connectivity index (χ1n) is 9.83. The summed E-state index contributed by atoms with van der Waals surface area (Å²) in [5, 5.41) is 1.81. The molecule has 2 saturated heterocycles. The number of hydrogen-bond acceptors (Lipinski definition) is 2. The van der Waals surface area contributed by atoms with Crippen LogP contribution in [-0.2, 0) is 16.0 Å². The lowest BCUT2D eigenvalue weighted by Gasteiger charge is -2.32. The van der Waals surface area contributed by atoms with Crippen LogP contribution in [0.25, 0.3) is 10.9 Å². The number of carbonyl (C=O) groups excluding carboxylic acids is 2. The fourth-order valence-electron chi connectivity index (χ4n) is 4.25. The number of aromatic nitrogens is 1. The highest BCUT2D eigenvalue weighted by Crippen LogP contribution is 2.26. The van der Waals surface area contributed by atoms with Crippen LogP contribution in [-0.4, -0.2) is 52.8 Å². The lowest BCUT2D eigenvalue weighted by molar-refractivity contribution is -0.137. The maximum Gasteiger partial charge on any atom is 0.227 e. The molecule has 4 rings (SSSR count). The number of carbonyl (C=O) groups is 2. The number of nitrogens with one attached hydrogen (secondary N) is 1. The second kappa shape index (κ2) is 7.55. The Balaban J connectivity index is 1.36. The number of likely N-dealkylation sites (tertiary alicyclic amines) is 2. The van der Waals surface area contributed by atoms with E-state index in [1.807, 2.05) is 34.2 Å². The normalized spacial score (nSPS) is 21.4. The van der Waals surface area contributed by atoms with Gasteiger partial charge in [-0.2, -0.15) is 0 Å². The van der Waals surface area contributed by atoms with Gasteiger partial charge in [0, 0.05) is 54.7 Å². The molecule has 2 fully saturated rings. The number of nitrogens with zero attached hydrogens (tertiary/aromatic N) is 2. The van der Waals surface area contributed by atoms with Crippen LogP contribution < -0.4 is 0 Å². The van der Waals surface area contributed by atoms with Gasteiger partial charge in [-0.1, -0.05) is 18.5 Å². The molecule has 0 saturated carbocycles. The second-order valence-electron chi connectivity index (χ2n) is 8.00.